The first-order valence-corrected chi connectivity index (χ1v) is 15.9. The van der Waals surface area contributed by atoms with Gasteiger partial charge in [0.2, 0.25) is 11.8 Å². The summed E-state index contributed by atoms with van der Waals surface area (Å²) < 4.78 is 6.01. The van der Waals surface area contributed by atoms with E-state index in [1.165, 1.54) is 0 Å². The zero-order valence-electron chi connectivity index (χ0n) is 21.2. The summed E-state index contributed by atoms with van der Waals surface area (Å²) in [4.78, 5) is 30.5. The lowest BCUT2D eigenvalue weighted by atomic mass is 9.81. The first-order valence-electron chi connectivity index (χ1n) is 11.9. The predicted octanol–water partition coefficient (Wildman–Crippen LogP) is 5.93. The zero-order valence-corrected chi connectivity index (χ0v) is 23.5. The van der Waals surface area contributed by atoms with Crippen molar-refractivity contribution in [2.75, 3.05) is 55.2 Å². The first-order chi connectivity index (χ1) is 16.1. The van der Waals surface area contributed by atoms with Crippen LogP contribution in [0.3, 0.4) is 0 Å². The highest BCUT2D eigenvalue weighted by Crippen LogP contribution is 2.35. The molecule has 1 aliphatic rings. The second-order valence-electron chi connectivity index (χ2n) is 9.52. The summed E-state index contributed by atoms with van der Waals surface area (Å²) in [5, 5.41) is 0.566. The van der Waals surface area contributed by atoms with E-state index >= 15 is 0 Å². The summed E-state index contributed by atoms with van der Waals surface area (Å²) in [6.07, 6.45) is 11.1. The maximum absolute atomic E-state index is 14.1. The summed E-state index contributed by atoms with van der Waals surface area (Å²) in [7, 11) is -0.695. The van der Waals surface area contributed by atoms with Crippen LogP contribution in [0, 0.1) is 5.92 Å². The molecule has 34 heavy (non-hydrogen) atoms. The Morgan fingerprint density at radius 2 is 2.06 bits per heavy atom. The Morgan fingerprint density at radius 3 is 2.65 bits per heavy atom. The highest BCUT2D eigenvalue weighted by atomic mass is 35.5. The molecule has 1 aliphatic heterocycles. The normalized spacial score (nSPS) is 19.9. The fourth-order valence-electron chi connectivity index (χ4n) is 4.32. The molecule has 1 aromatic rings. The lowest BCUT2D eigenvalue weighted by Crippen LogP contribution is -2.55. The Morgan fingerprint density at radius 1 is 1.32 bits per heavy atom. The first kappa shape index (κ1) is 29.0. The number of ether oxygens (including phenoxy) is 1. The van der Waals surface area contributed by atoms with Crippen molar-refractivity contribution in [3.8, 4) is 0 Å². The second-order valence-corrected chi connectivity index (χ2v) is 14.9. The van der Waals surface area contributed by atoms with Crippen LogP contribution >= 0.6 is 33.2 Å². The number of likely N-dealkylation sites (tertiary alicyclic amines) is 1. The van der Waals surface area contributed by atoms with Gasteiger partial charge < -0.3 is 9.64 Å². The number of hydrogen-bond donors (Lipinski definition) is 0. The molecule has 5 nitrogen and oxygen atoms in total. The van der Waals surface area contributed by atoms with Crippen LogP contribution in [-0.4, -0.2) is 73.0 Å². The van der Waals surface area contributed by atoms with Crippen molar-refractivity contribution >= 4 is 50.7 Å². The average molecular weight is 532 g/mol. The van der Waals surface area contributed by atoms with Crippen LogP contribution < -0.4 is 4.90 Å². The van der Waals surface area contributed by atoms with E-state index in [0.29, 0.717) is 49.0 Å². The van der Waals surface area contributed by atoms with E-state index in [1.54, 1.807) is 17.0 Å². The molecule has 192 valence electrons. The van der Waals surface area contributed by atoms with Crippen LogP contribution in [0.1, 0.15) is 39.5 Å². The number of anilines is 1. The van der Waals surface area contributed by atoms with E-state index in [9.17, 15) is 9.59 Å². The molecule has 1 unspecified atom stereocenters. The van der Waals surface area contributed by atoms with Gasteiger partial charge in [0.15, 0.2) is 0 Å². The van der Waals surface area contributed by atoms with Crippen molar-refractivity contribution in [2.24, 2.45) is 5.92 Å². The Labute approximate surface area is 217 Å². The molecule has 2 amide bonds. The van der Waals surface area contributed by atoms with Gasteiger partial charge in [0.1, 0.15) is 6.73 Å². The van der Waals surface area contributed by atoms with Crippen molar-refractivity contribution in [2.45, 2.75) is 45.6 Å². The Balaban J connectivity index is 2.37. The molecule has 1 fully saturated rings. The quantitative estimate of drug-likeness (QED) is 0.145. The van der Waals surface area contributed by atoms with E-state index in [0.717, 1.165) is 17.7 Å². The van der Waals surface area contributed by atoms with E-state index in [1.807, 2.05) is 30.0 Å². The molecule has 0 bridgehead atoms. The van der Waals surface area contributed by atoms with E-state index < -0.39 is 10.0 Å². The van der Waals surface area contributed by atoms with Gasteiger partial charge in [0.05, 0.1) is 18.6 Å². The monoisotopic (exact) mass is 530 g/mol. The molecular weight excluding hydrogens is 491 g/mol. The van der Waals surface area contributed by atoms with Gasteiger partial charge in [0.25, 0.3) is 0 Å². The highest BCUT2D eigenvalue weighted by molar-refractivity contribution is 8.32. The number of carbonyl (C=O) groups is 2. The van der Waals surface area contributed by atoms with Crippen molar-refractivity contribution in [3.05, 3.63) is 40.9 Å². The molecule has 8 heteroatoms. The van der Waals surface area contributed by atoms with Crippen molar-refractivity contribution in [1.82, 2.24) is 4.90 Å². The van der Waals surface area contributed by atoms with Gasteiger partial charge in [-0.25, -0.2) is 10.0 Å². The van der Waals surface area contributed by atoms with Gasteiger partial charge >= 0.3 is 0 Å². The van der Waals surface area contributed by atoms with Gasteiger partial charge in [-0.15, -0.1) is 11.6 Å². The number of hydrogen-bond acceptors (Lipinski definition) is 3. The lowest BCUT2D eigenvalue weighted by Gasteiger charge is -2.43. The van der Waals surface area contributed by atoms with Crippen LogP contribution in [0.4, 0.5) is 5.69 Å². The van der Waals surface area contributed by atoms with Gasteiger partial charge in [-0.05, 0) is 63.2 Å². The molecule has 1 heterocycles. The van der Waals surface area contributed by atoms with Crippen molar-refractivity contribution in [1.29, 1.82) is 0 Å². The van der Waals surface area contributed by atoms with E-state index in [4.69, 9.17) is 27.9 Å². The van der Waals surface area contributed by atoms with E-state index in [-0.39, 0.29) is 30.5 Å². The van der Waals surface area contributed by atoms with Crippen molar-refractivity contribution in [3.63, 3.8) is 0 Å². The van der Waals surface area contributed by atoms with Crippen LogP contribution in [0.5, 0.6) is 0 Å². The van der Waals surface area contributed by atoms with Gasteiger partial charge in [-0.2, -0.15) is 0 Å². The number of piperidine rings is 1. The van der Waals surface area contributed by atoms with Crippen LogP contribution in [0.25, 0.3) is 0 Å². The third-order valence-electron chi connectivity index (χ3n) is 6.16. The number of benzene rings is 1. The molecule has 0 radical (unpaired) electrons. The van der Waals surface area contributed by atoms with Crippen LogP contribution in [0.15, 0.2) is 35.9 Å². The summed E-state index contributed by atoms with van der Waals surface area (Å²) in [6, 6.07) is 7.04. The molecule has 0 saturated carbocycles. The summed E-state index contributed by atoms with van der Waals surface area (Å²) in [5.41, 5.74) is 1.81. The van der Waals surface area contributed by atoms with Gasteiger partial charge in [-0.1, -0.05) is 36.2 Å². The Kier molecular flexibility index (Phi) is 11.8. The maximum atomic E-state index is 14.1. The zero-order chi connectivity index (χ0) is 25.3. The molecule has 2 atom stereocenters. The molecule has 0 aromatic heterocycles. The Bertz CT molecular complexity index is 857. The average Bonchev–Trinajstić information content (AvgIpc) is 2.78. The standard InChI is InChI=1S/C26H40Cl2N2O3S/c1-6-20(7-2)25-23(12-13-24(31)29(25)15-9-14-27)26(32)30(19-33-16-17-34(3,4)5)22-11-8-10-21(28)18-22/h6,8,10-11,18,23,25H,7,9,12-17,19H2,1-5H3/b20-6+/t23?,25-/m1/s1. The van der Waals surface area contributed by atoms with Crippen LogP contribution in [0.2, 0.25) is 5.02 Å². The number of allylic oxidation sites excluding steroid dienone is 1. The van der Waals surface area contributed by atoms with E-state index in [2.05, 4.69) is 25.7 Å². The lowest BCUT2D eigenvalue weighted by molar-refractivity contribution is -0.141. The topological polar surface area (TPSA) is 49.9 Å². The van der Waals surface area contributed by atoms with Crippen LogP contribution in [-0.2, 0) is 14.3 Å². The number of rotatable bonds is 12. The third kappa shape index (κ3) is 8.18. The number of carbonyl (C=O) groups excluding carboxylic acids is 2. The van der Waals surface area contributed by atoms with Crippen molar-refractivity contribution < 1.29 is 14.3 Å². The number of nitrogens with zero attached hydrogens (tertiary/aromatic N) is 2. The smallest absolute Gasteiger partial charge is 0.234 e. The second kappa shape index (κ2) is 13.8. The molecule has 2 rings (SSSR count). The fraction of sp³-hybridized carbons (Fsp3) is 0.615. The minimum atomic E-state index is -0.695. The summed E-state index contributed by atoms with van der Waals surface area (Å²) in [6.45, 7) is 5.35. The summed E-state index contributed by atoms with van der Waals surface area (Å²) >= 11 is 12.2. The molecule has 0 N–H and O–H groups in total. The van der Waals surface area contributed by atoms with Gasteiger partial charge in [-0.3, -0.25) is 14.5 Å². The van der Waals surface area contributed by atoms with Gasteiger partial charge in [0, 0.05) is 35.3 Å². The fourth-order valence-corrected chi connectivity index (χ4v) is 5.24. The largest absolute Gasteiger partial charge is 0.360 e. The highest BCUT2D eigenvalue weighted by Gasteiger charge is 2.42. The molecule has 0 spiro atoms. The third-order valence-corrected chi connectivity index (χ3v) is 8.06. The maximum Gasteiger partial charge on any atom is 0.234 e. The minimum Gasteiger partial charge on any atom is -0.360 e. The molecular formula is C26H40Cl2N2O3S. The SMILES string of the molecule is C/C=C(\CC)[C@@H]1C(C(=O)N(COCCS(C)(C)C)c2cccc(Cl)c2)CCC(=O)N1CCCCl. The molecule has 0 aliphatic carbocycles. The number of amides is 2. The molecule has 1 aromatic carbocycles. The minimum absolute atomic E-state index is 0.0356. The Hall–Kier alpha value is -1.21. The number of alkyl halides is 1. The summed E-state index contributed by atoms with van der Waals surface area (Å²) in [5.74, 6) is 1.15. The number of halogens is 2. The molecule has 1 saturated heterocycles. The predicted molar refractivity (Wildman–Crippen MR) is 148 cm³/mol.